The van der Waals surface area contributed by atoms with Gasteiger partial charge in [-0.05, 0) is 11.1 Å². The highest BCUT2D eigenvalue weighted by molar-refractivity contribution is 5.79. The van der Waals surface area contributed by atoms with Crippen LogP contribution in [0.1, 0.15) is 17.3 Å². The van der Waals surface area contributed by atoms with Crippen LogP contribution in [-0.2, 0) is 0 Å². The average molecular weight is 237 g/mol. The van der Waals surface area contributed by atoms with Crippen LogP contribution in [0.25, 0.3) is 0 Å². The molecule has 0 spiro atoms. The standard InChI is InChI=1S/C15H15N3/c16-12-18-15(14-9-5-2-6-10-14)17-11-13-7-3-1-4-8-13/h1-12,15H,(H2,16,18)/b17-11+. The molecule has 0 saturated heterocycles. The zero-order valence-corrected chi connectivity index (χ0v) is 9.95. The zero-order valence-electron chi connectivity index (χ0n) is 9.95. The van der Waals surface area contributed by atoms with E-state index in [-0.39, 0.29) is 6.17 Å². The molecule has 0 saturated carbocycles. The van der Waals surface area contributed by atoms with Crippen molar-refractivity contribution in [3.8, 4) is 0 Å². The van der Waals surface area contributed by atoms with Crippen LogP contribution in [0.15, 0.2) is 65.7 Å². The Labute approximate surface area is 107 Å². The van der Waals surface area contributed by atoms with Gasteiger partial charge in [0.15, 0.2) is 0 Å². The lowest BCUT2D eigenvalue weighted by Crippen LogP contribution is -2.17. The second-order valence-corrected chi connectivity index (χ2v) is 3.81. The van der Waals surface area contributed by atoms with E-state index in [1.807, 2.05) is 66.9 Å². The van der Waals surface area contributed by atoms with Gasteiger partial charge in [0.05, 0.1) is 6.34 Å². The first kappa shape index (κ1) is 12.0. The highest BCUT2D eigenvalue weighted by Gasteiger charge is 2.05. The first-order valence-corrected chi connectivity index (χ1v) is 5.78. The number of rotatable bonds is 5. The molecule has 2 N–H and O–H groups in total. The van der Waals surface area contributed by atoms with Crippen molar-refractivity contribution in [2.24, 2.45) is 4.99 Å². The van der Waals surface area contributed by atoms with Crippen LogP contribution in [-0.4, -0.2) is 12.6 Å². The molecule has 90 valence electrons. The molecular formula is C15H15N3. The summed E-state index contributed by atoms with van der Waals surface area (Å²) in [6, 6.07) is 19.8. The van der Waals surface area contributed by atoms with E-state index in [0.717, 1.165) is 11.1 Å². The molecule has 1 unspecified atom stereocenters. The van der Waals surface area contributed by atoms with Gasteiger partial charge in [-0.3, -0.25) is 10.4 Å². The lowest BCUT2D eigenvalue weighted by Gasteiger charge is -2.12. The van der Waals surface area contributed by atoms with Crippen LogP contribution in [0.2, 0.25) is 0 Å². The third kappa shape index (κ3) is 3.28. The van der Waals surface area contributed by atoms with Gasteiger partial charge in [-0.1, -0.05) is 60.7 Å². The summed E-state index contributed by atoms with van der Waals surface area (Å²) in [6.45, 7) is 0. The molecule has 0 bridgehead atoms. The van der Waals surface area contributed by atoms with Gasteiger partial charge >= 0.3 is 0 Å². The Balaban J connectivity index is 2.17. The fourth-order valence-corrected chi connectivity index (χ4v) is 1.64. The van der Waals surface area contributed by atoms with Gasteiger partial charge in [0, 0.05) is 6.21 Å². The molecule has 1 atom stereocenters. The maximum Gasteiger partial charge on any atom is 0.145 e. The van der Waals surface area contributed by atoms with Crippen molar-refractivity contribution in [3.63, 3.8) is 0 Å². The van der Waals surface area contributed by atoms with E-state index in [4.69, 9.17) is 5.41 Å². The summed E-state index contributed by atoms with van der Waals surface area (Å²) in [7, 11) is 0. The van der Waals surface area contributed by atoms with Crippen molar-refractivity contribution in [2.75, 3.05) is 0 Å². The van der Waals surface area contributed by atoms with Crippen molar-refractivity contribution in [1.82, 2.24) is 5.32 Å². The Morgan fingerprint density at radius 3 is 2.17 bits per heavy atom. The van der Waals surface area contributed by atoms with E-state index in [2.05, 4.69) is 10.3 Å². The maximum absolute atomic E-state index is 7.16. The lowest BCUT2D eigenvalue weighted by molar-refractivity contribution is 0.695. The minimum Gasteiger partial charge on any atom is -0.351 e. The summed E-state index contributed by atoms with van der Waals surface area (Å²) >= 11 is 0. The number of nitrogens with zero attached hydrogens (tertiary/aromatic N) is 1. The summed E-state index contributed by atoms with van der Waals surface area (Å²) < 4.78 is 0. The molecule has 3 heteroatoms. The largest absolute Gasteiger partial charge is 0.351 e. The molecule has 2 rings (SSSR count). The van der Waals surface area contributed by atoms with E-state index in [9.17, 15) is 0 Å². The van der Waals surface area contributed by atoms with Crippen molar-refractivity contribution in [1.29, 1.82) is 5.41 Å². The summed E-state index contributed by atoms with van der Waals surface area (Å²) in [5.74, 6) is 0. The van der Waals surface area contributed by atoms with E-state index in [1.54, 1.807) is 0 Å². The van der Waals surface area contributed by atoms with Crippen molar-refractivity contribution < 1.29 is 0 Å². The second kappa shape index (κ2) is 6.35. The fourth-order valence-electron chi connectivity index (χ4n) is 1.64. The zero-order chi connectivity index (χ0) is 12.6. The van der Waals surface area contributed by atoms with Crippen LogP contribution >= 0.6 is 0 Å². The predicted molar refractivity (Wildman–Crippen MR) is 75.1 cm³/mol. The molecule has 0 heterocycles. The van der Waals surface area contributed by atoms with E-state index < -0.39 is 0 Å². The SMILES string of the molecule is N=CNC(/N=C/c1ccccc1)c1ccccc1. The number of nitrogens with one attached hydrogen (secondary N) is 2. The fraction of sp³-hybridized carbons (Fsp3) is 0.0667. The molecule has 0 radical (unpaired) electrons. The highest BCUT2D eigenvalue weighted by atomic mass is 15.1. The molecule has 18 heavy (non-hydrogen) atoms. The molecule has 2 aromatic carbocycles. The molecule has 0 aliphatic carbocycles. The molecule has 0 aromatic heterocycles. The monoisotopic (exact) mass is 237 g/mol. The highest BCUT2D eigenvalue weighted by Crippen LogP contribution is 2.13. The first-order chi connectivity index (χ1) is 8.90. The van der Waals surface area contributed by atoms with Crippen molar-refractivity contribution >= 4 is 12.6 Å². The summed E-state index contributed by atoms with van der Waals surface area (Å²) in [5, 5.41) is 10.1. The van der Waals surface area contributed by atoms with Crippen LogP contribution < -0.4 is 5.32 Å². The van der Waals surface area contributed by atoms with Gasteiger partial charge in [-0.2, -0.15) is 0 Å². The van der Waals surface area contributed by atoms with Gasteiger partial charge in [0.2, 0.25) is 0 Å². The van der Waals surface area contributed by atoms with Crippen LogP contribution in [0.4, 0.5) is 0 Å². The van der Waals surface area contributed by atoms with Crippen LogP contribution in [0.5, 0.6) is 0 Å². The molecule has 0 aliphatic rings. The second-order valence-electron chi connectivity index (χ2n) is 3.81. The van der Waals surface area contributed by atoms with Gasteiger partial charge < -0.3 is 5.32 Å². The van der Waals surface area contributed by atoms with Gasteiger partial charge in [-0.25, -0.2) is 0 Å². The minimum atomic E-state index is -0.219. The third-order valence-corrected chi connectivity index (χ3v) is 2.53. The quantitative estimate of drug-likeness (QED) is 0.609. The molecule has 0 amide bonds. The Morgan fingerprint density at radius 2 is 1.56 bits per heavy atom. The van der Waals surface area contributed by atoms with Gasteiger partial charge in [0.1, 0.15) is 6.17 Å². The molecular weight excluding hydrogens is 222 g/mol. The lowest BCUT2D eigenvalue weighted by atomic mass is 10.2. The Hall–Kier alpha value is -2.42. The molecule has 3 nitrogen and oxygen atoms in total. The normalized spacial score (nSPS) is 12.2. The van der Waals surface area contributed by atoms with Crippen molar-refractivity contribution in [3.05, 3.63) is 71.8 Å². The Bertz CT molecular complexity index is 506. The molecule has 2 aromatic rings. The van der Waals surface area contributed by atoms with E-state index in [0.29, 0.717) is 0 Å². The number of hydrogen-bond acceptors (Lipinski definition) is 2. The summed E-state index contributed by atoms with van der Waals surface area (Å²) in [6.07, 6.45) is 2.76. The number of benzene rings is 2. The predicted octanol–water partition coefficient (Wildman–Crippen LogP) is 3.00. The molecule has 0 aliphatic heterocycles. The van der Waals surface area contributed by atoms with Gasteiger partial charge in [0.25, 0.3) is 0 Å². The number of aliphatic imine (C=N–C) groups is 1. The Kier molecular flexibility index (Phi) is 4.25. The smallest absolute Gasteiger partial charge is 0.145 e. The van der Waals surface area contributed by atoms with E-state index in [1.165, 1.54) is 6.34 Å². The van der Waals surface area contributed by atoms with Crippen molar-refractivity contribution in [2.45, 2.75) is 6.17 Å². The maximum atomic E-state index is 7.16. The van der Waals surface area contributed by atoms with E-state index >= 15 is 0 Å². The topological polar surface area (TPSA) is 48.2 Å². The van der Waals surface area contributed by atoms with Gasteiger partial charge in [-0.15, -0.1) is 0 Å². The summed E-state index contributed by atoms with van der Waals surface area (Å²) in [5.41, 5.74) is 2.08. The minimum absolute atomic E-state index is 0.219. The summed E-state index contributed by atoms with van der Waals surface area (Å²) in [4.78, 5) is 4.47. The van der Waals surface area contributed by atoms with Crippen LogP contribution in [0.3, 0.4) is 0 Å². The third-order valence-electron chi connectivity index (χ3n) is 2.53. The molecule has 0 fully saturated rings. The average Bonchev–Trinajstić information content (AvgIpc) is 2.45. The Morgan fingerprint density at radius 1 is 0.944 bits per heavy atom. The number of hydrogen-bond donors (Lipinski definition) is 2. The first-order valence-electron chi connectivity index (χ1n) is 5.78. The van der Waals surface area contributed by atoms with Crippen LogP contribution in [0, 0.1) is 5.41 Å².